The van der Waals surface area contributed by atoms with Crippen molar-refractivity contribution in [3.05, 3.63) is 65.5 Å². The topological polar surface area (TPSA) is 77.2 Å². The van der Waals surface area contributed by atoms with Crippen molar-refractivity contribution in [1.82, 2.24) is 15.5 Å². The van der Waals surface area contributed by atoms with E-state index in [0.717, 1.165) is 16.7 Å². The molecule has 0 aliphatic carbocycles. The van der Waals surface area contributed by atoms with Crippen molar-refractivity contribution in [2.45, 2.75) is 33.4 Å². The van der Waals surface area contributed by atoms with Crippen molar-refractivity contribution in [3.63, 3.8) is 0 Å². The van der Waals surface area contributed by atoms with Crippen molar-refractivity contribution in [3.8, 4) is 17.1 Å². The summed E-state index contributed by atoms with van der Waals surface area (Å²) in [5, 5.41) is 6.72. The predicted octanol–water partition coefficient (Wildman–Crippen LogP) is 3.44. The van der Waals surface area contributed by atoms with Crippen LogP contribution in [0.25, 0.3) is 11.4 Å². The van der Waals surface area contributed by atoms with Crippen LogP contribution in [-0.2, 0) is 11.3 Å². The van der Waals surface area contributed by atoms with Crippen LogP contribution in [0.5, 0.6) is 5.75 Å². The Labute approximate surface area is 152 Å². The zero-order valence-electron chi connectivity index (χ0n) is 15.0. The molecule has 0 aliphatic rings. The predicted molar refractivity (Wildman–Crippen MR) is 97.6 cm³/mol. The normalized spacial score (nSPS) is 11.8. The number of nitrogens with one attached hydrogen (secondary N) is 1. The lowest BCUT2D eigenvalue weighted by Crippen LogP contribution is -2.36. The highest BCUT2D eigenvalue weighted by Gasteiger charge is 2.17. The number of hydrogen-bond acceptors (Lipinski definition) is 5. The van der Waals surface area contributed by atoms with Gasteiger partial charge in [0.05, 0.1) is 6.54 Å². The smallest absolute Gasteiger partial charge is 0.261 e. The lowest BCUT2D eigenvalue weighted by Gasteiger charge is -2.15. The first kappa shape index (κ1) is 17.7. The molecule has 1 heterocycles. The van der Waals surface area contributed by atoms with Gasteiger partial charge in [-0.05, 0) is 38.5 Å². The number of nitrogens with zero attached hydrogens (tertiary/aromatic N) is 2. The van der Waals surface area contributed by atoms with Gasteiger partial charge in [0.2, 0.25) is 11.7 Å². The molecule has 1 atom stereocenters. The minimum atomic E-state index is -0.629. The third-order valence-corrected chi connectivity index (χ3v) is 3.92. The average molecular weight is 351 g/mol. The molecule has 0 unspecified atom stereocenters. The fourth-order valence-electron chi connectivity index (χ4n) is 2.47. The van der Waals surface area contributed by atoms with E-state index >= 15 is 0 Å². The molecule has 0 bridgehead atoms. The van der Waals surface area contributed by atoms with Crippen LogP contribution in [0.2, 0.25) is 0 Å². The number of aromatic nitrogens is 2. The number of hydrogen-bond donors (Lipinski definition) is 1. The maximum Gasteiger partial charge on any atom is 0.261 e. The summed E-state index contributed by atoms with van der Waals surface area (Å²) in [5.41, 5.74) is 2.97. The average Bonchev–Trinajstić information content (AvgIpc) is 3.10. The third kappa shape index (κ3) is 4.27. The van der Waals surface area contributed by atoms with Gasteiger partial charge in [-0.2, -0.15) is 4.98 Å². The van der Waals surface area contributed by atoms with E-state index in [1.54, 1.807) is 6.92 Å². The molecule has 134 valence electrons. The second-order valence-electron chi connectivity index (χ2n) is 6.12. The van der Waals surface area contributed by atoms with E-state index in [1.165, 1.54) is 0 Å². The molecule has 26 heavy (non-hydrogen) atoms. The van der Waals surface area contributed by atoms with E-state index < -0.39 is 6.10 Å². The van der Waals surface area contributed by atoms with Gasteiger partial charge in [-0.3, -0.25) is 4.79 Å². The summed E-state index contributed by atoms with van der Waals surface area (Å²) in [6, 6.07) is 15.4. The Morgan fingerprint density at radius 2 is 2.00 bits per heavy atom. The monoisotopic (exact) mass is 351 g/mol. The molecule has 0 fully saturated rings. The second-order valence-corrected chi connectivity index (χ2v) is 6.12. The molecule has 1 aromatic heterocycles. The van der Waals surface area contributed by atoms with Gasteiger partial charge in [0.15, 0.2) is 6.10 Å². The third-order valence-electron chi connectivity index (χ3n) is 3.92. The molecule has 1 N–H and O–H groups in total. The zero-order valence-corrected chi connectivity index (χ0v) is 15.0. The van der Waals surface area contributed by atoms with Gasteiger partial charge in [0.1, 0.15) is 5.75 Å². The van der Waals surface area contributed by atoms with Gasteiger partial charge in [-0.25, -0.2) is 0 Å². The molecule has 0 aliphatic heterocycles. The van der Waals surface area contributed by atoms with Crippen LogP contribution in [-0.4, -0.2) is 22.2 Å². The van der Waals surface area contributed by atoms with Crippen LogP contribution in [0.4, 0.5) is 0 Å². The van der Waals surface area contributed by atoms with Gasteiger partial charge in [0.25, 0.3) is 5.91 Å². The van der Waals surface area contributed by atoms with Gasteiger partial charge in [0, 0.05) is 5.56 Å². The minimum Gasteiger partial charge on any atom is -0.481 e. The molecular weight excluding hydrogens is 330 g/mol. The van der Waals surface area contributed by atoms with Gasteiger partial charge in [-0.1, -0.05) is 47.1 Å². The van der Waals surface area contributed by atoms with E-state index in [2.05, 4.69) is 15.5 Å². The Morgan fingerprint density at radius 3 is 2.77 bits per heavy atom. The summed E-state index contributed by atoms with van der Waals surface area (Å²) in [7, 11) is 0. The molecule has 2 aromatic carbocycles. The van der Waals surface area contributed by atoms with Crippen molar-refractivity contribution in [2.24, 2.45) is 0 Å². The van der Waals surface area contributed by atoms with E-state index in [1.807, 2.05) is 62.4 Å². The SMILES string of the molecule is Cc1cccc(-c2noc(CNC(=O)[C@H](C)Oc3ccccc3C)n2)c1. The first-order valence-electron chi connectivity index (χ1n) is 8.42. The Bertz CT molecular complexity index is 905. The summed E-state index contributed by atoms with van der Waals surface area (Å²) >= 11 is 0. The van der Waals surface area contributed by atoms with Crippen molar-refractivity contribution < 1.29 is 14.1 Å². The number of ether oxygens (including phenoxy) is 1. The van der Waals surface area contributed by atoms with Crippen LogP contribution in [0.15, 0.2) is 53.1 Å². The van der Waals surface area contributed by atoms with Crippen LogP contribution in [0.1, 0.15) is 23.9 Å². The first-order valence-corrected chi connectivity index (χ1v) is 8.42. The van der Waals surface area contributed by atoms with E-state index in [-0.39, 0.29) is 12.5 Å². The molecule has 1 amide bonds. The Morgan fingerprint density at radius 1 is 1.19 bits per heavy atom. The van der Waals surface area contributed by atoms with Crippen LogP contribution < -0.4 is 10.1 Å². The molecule has 0 saturated carbocycles. The highest BCUT2D eigenvalue weighted by molar-refractivity contribution is 5.80. The number of amides is 1. The molecular formula is C20H21N3O3. The molecule has 3 rings (SSSR count). The number of benzene rings is 2. The Kier molecular flexibility index (Phi) is 5.31. The van der Waals surface area contributed by atoms with Crippen LogP contribution in [0, 0.1) is 13.8 Å². The fourth-order valence-corrected chi connectivity index (χ4v) is 2.47. The Balaban J connectivity index is 1.57. The number of carbonyl (C=O) groups excluding carboxylic acids is 1. The summed E-state index contributed by atoms with van der Waals surface area (Å²) in [6.07, 6.45) is -0.629. The van der Waals surface area contributed by atoms with Crippen molar-refractivity contribution in [1.29, 1.82) is 0 Å². The highest BCUT2D eigenvalue weighted by Crippen LogP contribution is 2.18. The molecule has 6 nitrogen and oxygen atoms in total. The number of aryl methyl sites for hydroxylation is 2. The molecule has 0 radical (unpaired) electrons. The zero-order chi connectivity index (χ0) is 18.5. The molecule has 0 saturated heterocycles. The summed E-state index contributed by atoms with van der Waals surface area (Å²) < 4.78 is 10.9. The minimum absolute atomic E-state index is 0.152. The Hall–Kier alpha value is -3.15. The van der Waals surface area contributed by atoms with Gasteiger partial charge >= 0.3 is 0 Å². The lowest BCUT2D eigenvalue weighted by atomic mass is 10.1. The number of carbonyl (C=O) groups is 1. The van der Waals surface area contributed by atoms with Gasteiger partial charge < -0.3 is 14.6 Å². The van der Waals surface area contributed by atoms with Crippen LogP contribution >= 0.6 is 0 Å². The van der Waals surface area contributed by atoms with E-state index in [0.29, 0.717) is 17.5 Å². The van der Waals surface area contributed by atoms with Crippen molar-refractivity contribution >= 4 is 5.91 Å². The second kappa shape index (κ2) is 7.82. The van der Waals surface area contributed by atoms with E-state index in [9.17, 15) is 4.79 Å². The highest BCUT2D eigenvalue weighted by atomic mass is 16.5. The first-order chi connectivity index (χ1) is 12.5. The maximum atomic E-state index is 12.2. The standard InChI is InChI=1S/C20H21N3O3/c1-13-7-6-9-16(11-13)19-22-18(26-23-19)12-21-20(24)15(3)25-17-10-5-4-8-14(17)2/h4-11,15H,12H2,1-3H3,(H,21,24)/t15-/m0/s1. The van der Waals surface area contributed by atoms with Gasteiger partial charge in [-0.15, -0.1) is 0 Å². The summed E-state index contributed by atoms with van der Waals surface area (Å²) in [4.78, 5) is 16.5. The maximum absolute atomic E-state index is 12.2. The van der Waals surface area contributed by atoms with Crippen LogP contribution in [0.3, 0.4) is 0 Å². The lowest BCUT2D eigenvalue weighted by molar-refractivity contribution is -0.127. The quantitative estimate of drug-likeness (QED) is 0.736. The van der Waals surface area contributed by atoms with E-state index in [4.69, 9.17) is 9.26 Å². The number of rotatable bonds is 6. The van der Waals surface area contributed by atoms with Crippen molar-refractivity contribution in [2.75, 3.05) is 0 Å². The summed E-state index contributed by atoms with van der Waals surface area (Å²) in [5.74, 6) is 1.29. The largest absolute Gasteiger partial charge is 0.481 e. The molecule has 6 heteroatoms. The molecule has 0 spiro atoms. The fraction of sp³-hybridized carbons (Fsp3) is 0.250. The number of para-hydroxylation sites is 1. The molecule has 3 aromatic rings. The summed E-state index contributed by atoms with van der Waals surface area (Å²) in [6.45, 7) is 5.79.